The van der Waals surface area contributed by atoms with Gasteiger partial charge in [0, 0.05) is 17.6 Å². The third-order valence-corrected chi connectivity index (χ3v) is 5.90. The molecule has 156 valence electrons. The highest BCUT2D eigenvalue weighted by atomic mass is 35.5. The number of anilines is 2. The molecule has 0 unspecified atom stereocenters. The largest absolute Gasteiger partial charge is 0.455 e. The monoisotopic (exact) mass is 444 g/mol. The van der Waals surface area contributed by atoms with Gasteiger partial charge in [0.25, 0.3) is 5.91 Å². The van der Waals surface area contributed by atoms with Crippen molar-refractivity contribution in [1.82, 2.24) is 0 Å². The number of nitrogens with one attached hydrogen (secondary N) is 1. The molecule has 6 nitrogen and oxygen atoms in total. The minimum Gasteiger partial charge on any atom is -0.455 e. The summed E-state index contributed by atoms with van der Waals surface area (Å²) in [5.74, 6) is 0.626. The summed E-state index contributed by atoms with van der Waals surface area (Å²) in [6, 6.07) is 19.0. The van der Waals surface area contributed by atoms with Crippen molar-refractivity contribution >= 4 is 38.9 Å². The first-order valence-corrected chi connectivity index (χ1v) is 11.3. The van der Waals surface area contributed by atoms with Crippen molar-refractivity contribution in [2.45, 2.75) is 6.92 Å². The second-order valence-corrected chi connectivity index (χ2v) is 9.19. The lowest BCUT2D eigenvalue weighted by atomic mass is 10.1. The summed E-state index contributed by atoms with van der Waals surface area (Å²) in [6.45, 7) is 1.78. The molecule has 8 heteroatoms. The number of rotatable bonds is 6. The van der Waals surface area contributed by atoms with E-state index >= 15 is 0 Å². The Morgan fingerprint density at radius 3 is 2.40 bits per heavy atom. The van der Waals surface area contributed by atoms with E-state index in [2.05, 4.69) is 5.32 Å². The Morgan fingerprint density at radius 2 is 1.73 bits per heavy atom. The van der Waals surface area contributed by atoms with Gasteiger partial charge in [0.15, 0.2) is 5.75 Å². The van der Waals surface area contributed by atoms with E-state index in [1.807, 2.05) is 18.2 Å². The molecule has 0 aliphatic carbocycles. The molecular formula is C22H21ClN2O4S. The highest BCUT2D eigenvalue weighted by Crippen LogP contribution is 2.32. The third kappa shape index (κ3) is 5.11. The van der Waals surface area contributed by atoms with Gasteiger partial charge in [-0.15, -0.1) is 0 Å². The smallest absolute Gasteiger partial charge is 0.255 e. The van der Waals surface area contributed by atoms with E-state index < -0.39 is 15.9 Å². The predicted octanol–water partition coefficient (Wildman–Crippen LogP) is 5.09. The standard InChI is InChI=1S/C22H21ClN2O4S/c1-15-9-10-16(13-20(15)25(2)30(3,27)28)22(26)24-19-14-17(23)11-12-21(19)29-18-7-5-4-6-8-18/h4-14H,1-3H3,(H,24,26). The van der Waals surface area contributed by atoms with Crippen molar-refractivity contribution in [3.8, 4) is 11.5 Å². The van der Waals surface area contributed by atoms with Crippen molar-refractivity contribution in [2.24, 2.45) is 0 Å². The number of amides is 1. The van der Waals surface area contributed by atoms with Gasteiger partial charge < -0.3 is 10.1 Å². The molecule has 0 radical (unpaired) electrons. The van der Waals surface area contributed by atoms with Gasteiger partial charge in [0.05, 0.1) is 17.6 Å². The minimum atomic E-state index is -3.46. The highest BCUT2D eigenvalue weighted by Gasteiger charge is 2.18. The van der Waals surface area contributed by atoms with E-state index in [9.17, 15) is 13.2 Å². The maximum Gasteiger partial charge on any atom is 0.255 e. The van der Waals surface area contributed by atoms with Crippen molar-refractivity contribution in [2.75, 3.05) is 22.9 Å². The molecule has 3 rings (SSSR count). The Morgan fingerprint density at radius 1 is 1.03 bits per heavy atom. The maximum atomic E-state index is 12.9. The molecule has 0 bridgehead atoms. The van der Waals surface area contributed by atoms with Crippen LogP contribution in [0.3, 0.4) is 0 Å². The topological polar surface area (TPSA) is 75.7 Å². The quantitative estimate of drug-likeness (QED) is 0.574. The minimum absolute atomic E-state index is 0.303. The van der Waals surface area contributed by atoms with E-state index in [0.717, 1.165) is 16.1 Å². The van der Waals surface area contributed by atoms with Crippen molar-refractivity contribution in [1.29, 1.82) is 0 Å². The Balaban J connectivity index is 1.90. The van der Waals surface area contributed by atoms with Gasteiger partial charge in [-0.1, -0.05) is 35.9 Å². The first kappa shape index (κ1) is 21.7. The zero-order valence-electron chi connectivity index (χ0n) is 16.7. The highest BCUT2D eigenvalue weighted by molar-refractivity contribution is 7.92. The zero-order chi connectivity index (χ0) is 21.9. The molecule has 0 spiro atoms. The van der Waals surface area contributed by atoms with Gasteiger partial charge in [-0.3, -0.25) is 9.10 Å². The van der Waals surface area contributed by atoms with Crippen LogP contribution in [0.4, 0.5) is 11.4 Å². The number of hydrogen-bond donors (Lipinski definition) is 1. The van der Waals surface area contributed by atoms with Crippen LogP contribution in [-0.2, 0) is 10.0 Å². The molecule has 0 aromatic heterocycles. The molecule has 0 aliphatic rings. The number of carbonyl (C=O) groups excluding carboxylic acids is 1. The summed E-state index contributed by atoms with van der Waals surface area (Å²) in [5, 5.41) is 3.23. The van der Waals surface area contributed by atoms with Gasteiger partial charge in [-0.25, -0.2) is 8.42 Å². The molecule has 0 heterocycles. The van der Waals surface area contributed by atoms with Crippen molar-refractivity contribution < 1.29 is 17.9 Å². The summed E-state index contributed by atoms with van der Waals surface area (Å²) in [6.07, 6.45) is 1.11. The van der Waals surface area contributed by atoms with Crippen molar-refractivity contribution in [3.05, 3.63) is 82.9 Å². The summed E-state index contributed by atoms with van der Waals surface area (Å²) in [7, 11) is -2.02. The van der Waals surface area contributed by atoms with E-state index in [4.69, 9.17) is 16.3 Å². The van der Waals surface area contributed by atoms with Gasteiger partial charge in [0.2, 0.25) is 10.0 Å². The van der Waals surface area contributed by atoms with Crippen LogP contribution in [0.2, 0.25) is 5.02 Å². The van der Waals surface area contributed by atoms with Gasteiger partial charge in [-0.2, -0.15) is 0 Å². The van der Waals surface area contributed by atoms with Gasteiger partial charge >= 0.3 is 0 Å². The Bertz CT molecular complexity index is 1180. The van der Waals surface area contributed by atoms with Crippen molar-refractivity contribution in [3.63, 3.8) is 0 Å². The Kier molecular flexibility index (Phi) is 6.34. The van der Waals surface area contributed by atoms with Crippen LogP contribution < -0.4 is 14.4 Å². The normalized spacial score (nSPS) is 11.1. The van der Waals surface area contributed by atoms with Crippen LogP contribution in [0, 0.1) is 6.92 Å². The van der Waals surface area contributed by atoms with Gasteiger partial charge in [-0.05, 0) is 55.0 Å². The molecule has 0 aliphatic heterocycles. The molecule has 0 saturated carbocycles. The number of hydrogen-bond acceptors (Lipinski definition) is 4. The maximum absolute atomic E-state index is 12.9. The van der Waals surface area contributed by atoms with Crippen LogP contribution in [0.15, 0.2) is 66.7 Å². The van der Waals surface area contributed by atoms with Gasteiger partial charge in [0.1, 0.15) is 5.75 Å². The number of ether oxygens (including phenoxy) is 1. The number of para-hydroxylation sites is 1. The molecule has 3 aromatic carbocycles. The van der Waals surface area contributed by atoms with Crippen LogP contribution in [0.1, 0.15) is 15.9 Å². The lowest BCUT2D eigenvalue weighted by Gasteiger charge is -2.20. The van der Waals surface area contributed by atoms with Crippen LogP contribution >= 0.6 is 11.6 Å². The van der Waals surface area contributed by atoms with E-state index in [0.29, 0.717) is 33.5 Å². The lowest BCUT2D eigenvalue weighted by molar-refractivity contribution is 0.102. The number of halogens is 1. The SMILES string of the molecule is Cc1ccc(C(=O)Nc2cc(Cl)ccc2Oc2ccccc2)cc1N(C)S(C)(=O)=O. The zero-order valence-corrected chi connectivity index (χ0v) is 18.3. The van der Waals surface area contributed by atoms with Crippen LogP contribution in [0.25, 0.3) is 0 Å². The molecule has 3 aromatic rings. The molecule has 30 heavy (non-hydrogen) atoms. The van der Waals surface area contributed by atoms with E-state index in [1.54, 1.807) is 49.4 Å². The first-order valence-electron chi connectivity index (χ1n) is 9.03. The molecule has 1 amide bonds. The van der Waals surface area contributed by atoms with E-state index in [-0.39, 0.29) is 0 Å². The molecule has 0 atom stereocenters. The average molecular weight is 445 g/mol. The Hall–Kier alpha value is -3.03. The molecule has 1 N–H and O–H groups in total. The number of benzene rings is 3. The predicted molar refractivity (Wildman–Crippen MR) is 120 cm³/mol. The fourth-order valence-electron chi connectivity index (χ4n) is 2.77. The number of nitrogens with zero attached hydrogens (tertiary/aromatic N) is 1. The molecule has 0 saturated heterocycles. The fraction of sp³-hybridized carbons (Fsp3) is 0.136. The number of aryl methyl sites for hydroxylation is 1. The average Bonchev–Trinajstić information content (AvgIpc) is 2.70. The Labute approximate surface area is 181 Å². The second kappa shape index (κ2) is 8.77. The summed E-state index contributed by atoms with van der Waals surface area (Å²) in [5.41, 5.74) is 1.86. The summed E-state index contributed by atoms with van der Waals surface area (Å²) < 4.78 is 30.8. The molecular weight excluding hydrogens is 424 g/mol. The summed E-state index contributed by atoms with van der Waals surface area (Å²) >= 11 is 6.11. The molecule has 0 fully saturated rings. The van der Waals surface area contributed by atoms with Crippen LogP contribution in [-0.4, -0.2) is 27.6 Å². The fourth-order valence-corrected chi connectivity index (χ4v) is 3.49. The first-order chi connectivity index (χ1) is 14.1. The third-order valence-electron chi connectivity index (χ3n) is 4.47. The second-order valence-electron chi connectivity index (χ2n) is 6.74. The summed E-state index contributed by atoms with van der Waals surface area (Å²) in [4.78, 5) is 12.9. The lowest BCUT2D eigenvalue weighted by Crippen LogP contribution is -2.26. The van der Waals surface area contributed by atoms with Crippen LogP contribution in [0.5, 0.6) is 11.5 Å². The van der Waals surface area contributed by atoms with E-state index in [1.165, 1.54) is 13.1 Å². The number of sulfonamides is 1. The number of carbonyl (C=O) groups is 1.